The summed E-state index contributed by atoms with van der Waals surface area (Å²) in [5.74, 6) is 1.81. The van der Waals surface area contributed by atoms with Gasteiger partial charge in [0.15, 0.2) is 0 Å². The molecule has 5 rings (SSSR count). The number of amides is 1. The monoisotopic (exact) mass is 450 g/mol. The molecule has 1 aromatic heterocycles. The molecule has 0 saturated carbocycles. The van der Waals surface area contributed by atoms with E-state index in [2.05, 4.69) is 57.0 Å². The fourth-order valence-electron chi connectivity index (χ4n) is 5.09. The van der Waals surface area contributed by atoms with Crippen LogP contribution in [0.25, 0.3) is 0 Å². The van der Waals surface area contributed by atoms with E-state index in [4.69, 9.17) is 4.99 Å². The Morgan fingerprint density at radius 2 is 1.97 bits per heavy atom. The summed E-state index contributed by atoms with van der Waals surface area (Å²) in [6.45, 7) is 9.34. The second kappa shape index (κ2) is 8.78. The first-order valence-electron chi connectivity index (χ1n) is 12.0. The zero-order chi connectivity index (χ0) is 23.1. The number of hydrogen-bond acceptors (Lipinski definition) is 8. The van der Waals surface area contributed by atoms with Crippen molar-refractivity contribution in [2.24, 2.45) is 21.8 Å². The van der Waals surface area contributed by atoms with Crippen molar-refractivity contribution >= 4 is 29.6 Å². The highest BCUT2D eigenvalue weighted by Gasteiger charge is 2.47. The second-order valence-electron chi connectivity index (χ2n) is 9.64. The van der Waals surface area contributed by atoms with Crippen molar-refractivity contribution in [1.82, 2.24) is 19.7 Å². The highest BCUT2D eigenvalue weighted by atomic mass is 16.2. The lowest BCUT2D eigenvalue weighted by Gasteiger charge is -2.45. The Labute approximate surface area is 195 Å². The average Bonchev–Trinajstić information content (AvgIpc) is 3.21. The molecule has 33 heavy (non-hydrogen) atoms. The molecule has 5 heterocycles. The summed E-state index contributed by atoms with van der Waals surface area (Å²) in [6.07, 6.45) is 6.77. The van der Waals surface area contributed by atoms with Gasteiger partial charge in [0, 0.05) is 46.0 Å². The van der Waals surface area contributed by atoms with Crippen LogP contribution in [0.2, 0.25) is 0 Å². The van der Waals surface area contributed by atoms with Crippen LogP contribution in [0.4, 0.5) is 11.5 Å². The van der Waals surface area contributed by atoms with Crippen LogP contribution < -0.4 is 10.2 Å². The highest BCUT2D eigenvalue weighted by molar-refractivity contribution is 6.01. The Balaban J connectivity index is 1.31. The summed E-state index contributed by atoms with van der Waals surface area (Å²) in [5.41, 5.74) is 1.90. The van der Waals surface area contributed by atoms with Gasteiger partial charge in [0.25, 0.3) is 5.91 Å². The zero-order valence-electron chi connectivity index (χ0n) is 20.0. The summed E-state index contributed by atoms with van der Waals surface area (Å²) >= 11 is 0. The van der Waals surface area contributed by atoms with Crippen molar-refractivity contribution in [2.75, 3.05) is 57.0 Å². The van der Waals surface area contributed by atoms with E-state index in [9.17, 15) is 4.79 Å². The Morgan fingerprint density at radius 1 is 1.18 bits per heavy atom. The molecule has 0 bridgehead atoms. The van der Waals surface area contributed by atoms with Crippen LogP contribution in [0.1, 0.15) is 20.3 Å². The number of fused-ring (bicyclic) bond motifs is 3. The van der Waals surface area contributed by atoms with Crippen molar-refractivity contribution in [3.8, 4) is 0 Å². The fourth-order valence-corrected chi connectivity index (χ4v) is 5.09. The SMILES string of the molecule is CCC(C)[C@H]1CN(C)C(=O)C2=CC3C=NC(Nc4ccc(N5CCN(C)CC5)cn4)=NC3N21. The van der Waals surface area contributed by atoms with Gasteiger partial charge in [0.05, 0.1) is 23.8 Å². The van der Waals surface area contributed by atoms with E-state index >= 15 is 0 Å². The summed E-state index contributed by atoms with van der Waals surface area (Å²) < 4.78 is 0. The number of pyridine rings is 1. The van der Waals surface area contributed by atoms with Gasteiger partial charge >= 0.3 is 0 Å². The summed E-state index contributed by atoms with van der Waals surface area (Å²) in [6, 6.07) is 4.33. The van der Waals surface area contributed by atoms with Gasteiger partial charge in [-0.25, -0.2) is 15.0 Å². The summed E-state index contributed by atoms with van der Waals surface area (Å²) in [7, 11) is 4.05. The lowest BCUT2D eigenvalue weighted by atomic mass is 9.94. The quantitative estimate of drug-likeness (QED) is 0.753. The van der Waals surface area contributed by atoms with E-state index < -0.39 is 0 Å². The lowest BCUT2D eigenvalue weighted by molar-refractivity contribution is -0.133. The first-order valence-corrected chi connectivity index (χ1v) is 12.0. The molecule has 1 N–H and O–H groups in total. The molecule has 4 aliphatic heterocycles. The number of rotatable bonds is 4. The minimum Gasteiger partial charge on any atom is -0.368 e. The molecule has 1 aromatic rings. The van der Waals surface area contributed by atoms with Gasteiger partial charge in [-0.1, -0.05) is 20.3 Å². The number of piperazine rings is 2. The van der Waals surface area contributed by atoms with Gasteiger partial charge in [-0.3, -0.25) is 4.79 Å². The summed E-state index contributed by atoms with van der Waals surface area (Å²) in [4.78, 5) is 35.7. The summed E-state index contributed by atoms with van der Waals surface area (Å²) in [5, 5.41) is 3.27. The third-order valence-electron chi connectivity index (χ3n) is 7.42. The van der Waals surface area contributed by atoms with Gasteiger partial charge in [0.1, 0.15) is 17.7 Å². The Morgan fingerprint density at radius 3 is 2.67 bits per heavy atom. The van der Waals surface area contributed by atoms with E-state index in [-0.39, 0.29) is 24.0 Å². The number of likely N-dealkylation sites (N-methyl/N-ethyl adjacent to an activating group) is 2. The molecule has 9 nitrogen and oxygen atoms in total. The molecule has 1 amide bonds. The molecule has 0 radical (unpaired) electrons. The maximum absolute atomic E-state index is 12.9. The largest absolute Gasteiger partial charge is 0.368 e. The number of aliphatic imine (C=N–C) groups is 2. The Hall–Kier alpha value is -2.94. The van der Waals surface area contributed by atoms with Crippen LogP contribution in [0, 0.1) is 11.8 Å². The zero-order valence-corrected chi connectivity index (χ0v) is 20.0. The molecule has 2 fully saturated rings. The molecule has 9 heteroatoms. The first-order chi connectivity index (χ1) is 15.9. The molecule has 0 aromatic carbocycles. The fraction of sp³-hybridized carbons (Fsp3) is 0.583. The molecular weight excluding hydrogens is 416 g/mol. The molecular formula is C24H34N8O. The third-order valence-corrected chi connectivity index (χ3v) is 7.42. The number of nitrogens with one attached hydrogen (secondary N) is 1. The number of aromatic nitrogens is 1. The van der Waals surface area contributed by atoms with Crippen molar-refractivity contribution in [2.45, 2.75) is 32.5 Å². The van der Waals surface area contributed by atoms with Gasteiger partial charge in [-0.05, 0) is 31.2 Å². The van der Waals surface area contributed by atoms with Crippen LogP contribution in [0.3, 0.4) is 0 Å². The first kappa shape index (κ1) is 21.9. The van der Waals surface area contributed by atoms with Crippen molar-refractivity contribution in [3.05, 3.63) is 30.1 Å². The maximum atomic E-state index is 12.9. The van der Waals surface area contributed by atoms with E-state index in [1.165, 1.54) is 0 Å². The van der Waals surface area contributed by atoms with Crippen LogP contribution in [-0.2, 0) is 4.79 Å². The van der Waals surface area contributed by atoms with Crippen molar-refractivity contribution in [3.63, 3.8) is 0 Å². The Bertz CT molecular complexity index is 979. The number of carbonyl (C=O) groups is 1. The predicted molar refractivity (Wildman–Crippen MR) is 132 cm³/mol. The molecule has 4 atom stereocenters. The minimum absolute atomic E-state index is 0.0140. The minimum atomic E-state index is -0.138. The van der Waals surface area contributed by atoms with Crippen molar-refractivity contribution in [1.29, 1.82) is 0 Å². The van der Waals surface area contributed by atoms with Crippen molar-refractivity contribution < 1.29 is 4.79 Å². The normalized spacial score (nSPS) is 28.3. The molecule has 3 unspecified atom stereocenters. The van der Waals surface area contributed by atoms with Crippen LogP contribution in [-0.4, -0.2) is 96.8 Å². The maximum Gasteiger partial charge on any atom is 0.269 e. The third kappa shape index (κ3) is 4.10. The number of anilines is 2. The lowest BCUT2D eigenvalue weighted by Crippen LogP contribution is -2.57. The topological polar surface area (TPSA) is 79.7 Å². The number of hydrogen-bond donors (Lipinski definition) is 1. The van der Waals surface area contributed by atoms with Gasteiger partial charge in [0.2, 0.25) is 5.96 Å². The van der Waals surface area contributed by atoms with Crippen LogP contribution >= 0.6 is 0 Å². The van der Waals surface area contributed by atoms with E-state index in [1.54, 1.807) is 0 Å². The van der Waals surface area contributed by atoms with Gasteiger partial charge in [-0.15, -0.1) is 0 Å². The Kier molecular flexibility index (Phi) is 5.82. The molecule has 4 aliphatic rings. The second-order valence-corrected chi connectivity index (χ2v) is 9.64. The predicted octanol–water partition coefficient (Wildman–Crippen LogP) is 1.71. The number of carbonyl (C=O) groups excluding carboxylic acids is 1. The van der Waals surface area contributed by atoms with Crippen LogP contribution in [0.15, 0.2) is 40.1 Å². The molecule has 176 valence electrons. The van der Waals surface area contributed by atoms with Gasteiger partial charge < -0.3 is 24.9 Å². The van der Waals surface area contributed by atoms with E-state index in [0.29, 0.717) is 11.9 Å². The van der Waals surface area contributed by atoms with Crippen LogP contribution in [0.5, 0.6) is 0 Å². The molecule has 0 aliphatic carbocycles. The standard InChI is InChI=1S/C24H34N8O/c1-5-16(2)20-15-30(4)23(33)19-12-17-13-26-24(28-22(17)32(19)20)27-21-7-6-18(14-25-21)31-10-8-29(3)9-11-31/h6-7,12-14,16-17,20,22H,5,8-11,15H2,1-4H3,(H,25,27,28)/t16?,17?,20-,22?/m1/s1. The smallest absolute Gasteiger partial charge is 0.269 e. The number of nitrogens with zero attached hydrogens (tertiary/aromatic N) is 7. The number of guanidine groups is 1. The average molecular weight is 451 g/mol. The van der Waals surface area contributed by atoms with E-state index in [1.807, 2.05) is 36.5 Å². The molecule has 2 saturated heterocycles. The highest BCUT2D eigenvalue weighted by Crippen LogP contribution is 2.37. The van der Waals surface area contributed by atoms with Gasteiger partial charge in [-0.2, -0.15) is 0 Å². The van der Waals surface area contributed by atoms with E-state index in [0.717, 1.165) is 56.3 Å². The molecule has 0 spiro atoms.